The maximum atomic E-state index is 13.0. The zero-order valence-corrected chi connectivity index (χ0v) is 14.7. The zero-order valence-electron chi connectivity index (χ0n) is 14.7. The van der Waals surface area contributed by atoms with E-state index >= 15 is 0 Å². The maximum Gasteiger partial charge on any atom is 0.258 e. The normalized spacial score (nSPS) is 18.7. The lowest BCUT2D eigenvalue weighted by molar-refractivity contribution is 0.0709. The quantitative estimate of drug-likeness (QED) is 0.917. The van der Waals surface area contributed by atoms with Crippen LogP contribution in [0.15, 0.2) is 28.8 Å². The van der Waals surface area contributed by atoms with E-state index in [9.17, 15) is 4.79 Å². The van der Waals surface area contributed by atoms with Crippen LogP contribution in [0.2, 0.25) is 0 Å². The summed E-state index contributed by atoms with van der Waals surface area (Å²) in [7, 11) is 0. The van der Waals surface area contributed by atoms with Gasteiger partial charge >= 0.3 is 0 Å². The van der Waals surface area contributed by atoms with Gasteiger partial charge in [0.25, 0.3) is 11.8 Å². The van der Waals surface area contributed by atoms with Crippen molar-refractivity contribution in [3.05, 3.63) is 35.7 Å². The number of hydrogen-bond donors (Lipinski definition) is 1. The molecule has 0 radical (unpaired) electrons. The molecule has 6 heteroatoms. The van der Waals surface area contributed by atoms with Crippen LogP contribution in [0.5, 0.6) is 0 Å². The number of nitrogens with zero attached hydrogens (tertiary/aromatic N) is 3. The molecule has 0 spiro atoms. The Bertz CT molecular complexity index is 733. The molecule has 1 N–H and O–H groups in total. The van der Waals surface area contributed by atoms with Gasteiger partial charge in [0.1, 0.15) is 0 Å². The number of rotatable bonds is 2. The van der Waals surface area contributed by atoms with Gasteiger partial charge < -0.3 is 14.7 Å². The molecule has 1 fully saturated rings. The van der Waals surface area contributed by atoms with Crippen LogP contribution in [0.4, 0.5) is 0 Å². The first-order valence-electron chi connectivity index (χ1n) is 8.32. The van der Waals surface area contributed by atoms with Gasteiger partial charge in [0.05, 0.1) is 11.1 Å². The topological polar surface area (TPSA) is 71.3 Å². The fraction of sp³-hybridized carbons (Fsp3) is 0.500. The maximum absolute atomic E-state index is 13.0. The SMILES string of the molecule is CC1CN(C(=O)c2ccccc2-c2nc(C(C)(C)C)no2)CCN1. The van der Waals surface area contributed by atoms with Crippen molar-refractivity contribution in [2.24, 2.45) is 0 Å². The molecule has 0 bridgehead atoms. The molecule has 3 rings (SSSR count). The Balaban J connectivity index is 1.93. The number of piperazine rings is 1. The van der Waals surface area contributed by atoms with E-state index < -0.39 is 0 Å². The van der Waals surface area contributed by atoms with Crippen molar-refractivity contribution in [2.75, 3.05) is 19.6 Å². The van der Waals surface area contributed by atoms with Gasteiger partial charge in [-0.1, -0.05) is 38.1 Å². The van der Waals surface area contributed by atoms with E-state index in [2.05, 4.69) is 22.4 Å². The van der Waals surface area contributed by atoms with Gasteiger partial charge in [-0.15, -0.1) is 0 Å². The molecule has 128 valence electrons. The number of amides is 1. The average molecular weight is 328 g/mol. The summed E-state index contributed by atoms with van der Waals surface area (Å²) in [5.41, 5.74) is 1.10. The molecule has 1 aliphatic rings. The van der Waals surface area contributed by atoms with E-state index in [4.69, 9.17) is 4.52 Å². The molecule has 1 saturated heterocycles. The molecule has 0 saturated carbocycles. The molecule has 1 unspecified atom stereocenters. The summed E-state index contributed by atoms with van der Waals surface area (Å²) in [5, 5.41) is 7.42. The van der Waals surface area contributed by atoms with E-state index in [0.29, 0.717) is 42.0 Å². The van der Waals surface area contributed by atoms with E-state index in [0.717, 1.165) is 6.54 Å². The Morgan fingerprint density at radius 2 is 2.08 bits per heavy atom. The highest BCUT2D eigenvalue weighted by Gasteiger charge is 2.27. The molecule has 1 aromatic heterocycles. The number of hydrogen-bond acceptors (Lipinski definition) is 5. The Hall–Kier alpha value is -2.21. The molecule has 0 aliphatic carbocycles. The molecule has 2 heterocycles. The summed E-state index contributed by atoms with van der Waals surface area (Å²) in [6.45, 7) is 10.4. The lowest BCUT2D eigenvalue weighted by atomic mass is 9.96. The summed E-state index contributed by atoms with van der Waals surface area (Å²) < 4.78 is 5.43. The van der Waals surface area contributed by atoms with Crippen LogP contribution in [0, 0.1) is 0 Å². The highest BCUT2D eigenvalue weighted by Crippen LogP contribution is 2.27. The van der Waals surface area contributed by atoms with Crippen molar-refractivity contribution in [2.45, 2.75) is 39.2 Å². The number of nitrogens with one attached hydrogen (secondary N) is 1. The molecule has 1 atom stereocenters. The van der Waals surface area contributed by atoms with Gasteiger partial charge in [-0.25, -0.2) is 0 Å². The van der Waals surface area contributed by atoms with Gasteiger partial charge in [0.2, 0.25) is 0 Å². The second-order valence-corrected chi connectivity index (χ2v) is 7.33. The van der Waals surface area contributed by atoms with Crippen LogP contribution in [-0.2, 0) is 5.41 Å². The van der Waals surface area contributed by atoms with Gasteiger partial charge in [-0.05, 0) is 19.1 Å². The van der Waals surface area contributed by atoms with Crippen LogP contribution < -0.4 is 5.32 Å². The Labute approximate surface area is 142 Å². The lowest BCUT2D eigenvalue weighted by Crippen LogP contribution is -2.51. The second-order valence-electron chi connectivity index (χ2n) is 7.33. The predicted octanol–water partition coefficient (Wildman–Crippen LogP) is 2.47. The van der Waals surface area contributed by atoms with E-state index in [1.54, 1.807) is 0 Å². The van der Waals surface area contributed by atoms with Crippen LogP contribution in [-0.4, -0.2) is 46.6 Å². The first-order valence-corrected chi connectivity index (χ1v) is 8.32. The van der Waals surface area contributed by atoms with Crippen molar-refractivity contribution in [3.63, 3.8) is 0 Å². The van der Waals surface area contributed by atoms with E-state index in [-0.39, 0.29) is 11.3 Å². The van der Waals surface area contributed by atoms with Crippen LogP contribution in [0.1, 0.15) is 43.9 Å². The highest BCUT2D eigenvalue weighted by atomic mass is 16.5. The number of aromatic nitrogens is 2. The van der Waals surface area contributed by atoms with Gasteiger partial charge in [0, 0.05) is 31.1 Å². The summed E-state index contributed by atoms with van der Waals surface area (Å²) >= 11 is 0. The Kier molecular flexibility index (Phi) is 4.41. The fourth-order valence-corrected chi connectivity index (χ4v) is 2.78. The molecule has 1 aromatic carbocycles. The minimum absolute atomic E-state index is 0.00876. The van der Waals surface area contributed by atoms with Crippen molar-refractivity contribution < 1.29 is 9.32 Å². The van der Waals surface area contributed by atoms with E-state index in [1.807, 2.05) is 49.9 Å². The molecular weight excluding hydrogens is 304 g/mol. The number of benzene rings is 1. The minimum Gasteiger partial charge on any atom is -0.336 e. The minimum atomic E-state index is -0.200. The number of carbonyl (C=O) groups is 1. The van der Waals surface area contributed by atoms with Gasteiger partial charge in [-0.3, -0.25) is 4.79 Å². The first-order chi connectivity index (χ1) is 11.4. The molecular formula is C18H24N4O2. The molecule has 6 nitrogen and oxygen atoms in total. The standard InChI is InChI=1S/C18H24N4O2/c1-12-11-22(10-9-19-12)16(23)14-8-6-5-7-13(14)15-20-17(21-24-15)18(2,3)4/h5-8,12,19H,9-11H2,1-4H3. The first kappa shape index (κ1) is 16.6. The van der Waals surface area contributed by atoms with Gasteiger partial charge in [-0.2, -0.15) is 4.98 Å². The molecule has 2 aromatic rings. The largest absolute Gasteiger partial charge is 0.336 e. The summed E-state index contributed by atoms with van der Waals surface area (Å²) in [5.74, 6) is 1.04. The molecule has 1 amide bonds. The lowest BCUT2D eigenvalue weighted by Gasteiger charge is -2.32. The summed E-state index contributed by atoms with van der Waals surface area (Å²) in [6, 6.07) is 7.73. The third kappa shape index (κ3) is 3.33. The van der Waals surface area contributed by atoms with Crippen LogP contribution >= 0.6 is 0 Å². The second kappa shape index (κ2) is 6.36. The summed E-state index contributed by atoms with van der Waals surface area (Å²) in [6.07, 6.45) is 0. The van der Waals surface area contributed by atoms with Crippen LogP contribution in [0.3, 0.4) is 0 Å². The zero-order chi connectivity index (χ0) is 17.3. The van der Waals surface area contributed by atoms with E-state index in [1.165, 1.54) is 0 Å². The summed E-state index contributed by atoms with van der Waals surface area (Å²) in [4.78, 5) is 19.3. The van der Waals surface area contributed by atoms with Crippen molar-refractivity contribution in [3.8, 4) is 11.5 Å². The molecule has 24 heavy (non-hydrogen) atoms. The number of carbonyl (C=O) groups excluding carboxylic acids is 1. The fourth-order valence-electron chi connectivity index (χ4n) is 2.78. The third-order valence-electron chi connectivity index (χ3n) is 4.14. The van der Waals surface area contributed by atoms with Crippen LogP contribution in [0.25, 0.3) is 11.5 Å². The Morgan fingerprint density at radius 3 is 2.75 bits per heavy atom. The van der Waals surface area contributed by atoms with Crippen molar-refractivity contribution >= 4 is 5.91 Å². The molecule has 1 aliphatic heterocycles. The monoisotopic (exact) mass is 328 g/mol. The predicted molar refractivity (Wildman–Crippen MR) is 91.8 cm³/mol. The van der Waals surface area contributed by atoms with Gasteiger partial charge in [0.15, 0.2) is 5.82 Å². The Morgan fingerprint density at radius 1 is 1.33 bits per heavy atom. The van der Waals surface area contributed by atoms with Crippen molar-refractivity contribution in [1.82, 2.24) is 20.4 Å². The average Bonchev–Trinajstić information content (AvgIpc) is 3.04. The third-order valence-corrected chi connectivity index (χ3v) is 4.14. The van der Waals surface area contributed by atoms with Crippen molar-refractivity contribution in [1.29, 1.82) is 0 Å². The highest BCUT2D eigenvalue weighted by molar-refractivity contribution is 6.00. The smallest absolute Gasteiger partial charge is 0.258 e.